The van der Waals surface area contributed by atoms with Crippen LogP contribution in [0.2, 0.25) is 0 Å². The van der Waals surface area contributed by atoms with Crippen molar-refractivity contribution < 1.29 is 0 Å². The molecular formula is C46H30N2S. The van der Waals surface area contributed by atoms with Gasteiger partial charge in [-0.25, -0.2) is 0 Å². The number of nitrogens with zero attached hydrogens (tertiary/aromatic N) is 2. The summed E-state index contributed by atoms with van der Waals surface area (Å²) in [5.41, 5.74) is 9.39. The molecule has 10 rings (SSSR count). The quantitative estimate of drug-likeness (QED) is 0.181. The van der Waals surface area contributed by atoms with Crippen LogP contribution in [0.25, 0.3) is 69.6 Å². The van der Waals surface area contributed by atoms with E-state index in [-0.39, 0.29) is 0 Å². The van der Waals surface area contributed by atoms with Crippen molar-refractivity contribution in [3.63, 3.8) is 0 Å². The van der Waals surface area contributed by atoms with Crippen LogP contribution < -0.4 is 4.90 Å². The van der Waals surface area contributed by atoms with E-state index in [1.165, 1.54) is 63.9 Å². The number of hydrogen-bond donors (Lipinski definition) is 0. The van der Waals surface area contributed by atoms with E-state index in [0.29, 0.717) is 0 Å². The van der Waals surface area contributed by atoms with Crippen LogP contribution in [0.15, 0.2) is 182 Å². The summed E-state index contributed by atoms with van der Waals surface area (Å²) in [6.45, 7) is 0. The maximum absolute atomic E-state index is 2.45. The van der Waals surface area contributed by atoms with Crippen molar-refractivity contribution in [3.05, 3.63) is 182 Å². The van der Waals surface area contributed by atoms with E-state index in [1.54, 1.807) is 0 Å². The van der Waals surface area contributed by atoms with Gasteiger partial charge in [0.2, 0.25) is 0 Å². The van der Waals surface area contributed by atoms with Crippen molar-refractivity contribution in [2.45, 2.75) is 0 Å². The van der Waals surface area contributed by atoms with E-state index in [2.05, 4.69) is 191 Å². The van der Waals surface area contributed by atoms with E-state index in [4.69, 9.17) is 0 Å². The Labute approximate surface area is 288 Å². The molecule has 0 radical (unpaired) electrons. The fraction of sp³-hybridized carbons (Fsp3) is 0. The van der Waals surface area contributed by atoms with Crippen LogP contribution in [0.3, 0.4) is 0 Å². The van der Waals surface area contributed by atoms with Gasteiger partial charge in [0, 0.05) is 53.4 Å². The maximum Gasteiger partial charge on any atom is 0.0620 e. The van der Waals surface area contributed by atoms with Crippen LogP contribution in [0.5, 0.6) is 0 Å². The van der Waals surface area contributed by atoms with Gasteiger partial charge in [-0.15, -0.1) is 11.3 Å². The maximum atomic E-state index is 2.45. The Morgan fingerprint density at radius 2 is 1.10 bits per heavy atom. The molecule has 0 aliphatic rings. The summed E-state index contributed by atoms with van der Waals surface area (Å²) in [6, 6.07) is 66.2. The molecule has 3 heteroatoms. The highest BCUT2D eigenvalue weighted by molar-refractivity contribution is 7.25. The van der Waals surface area contributed by atoms with Crippen molar-refractivity contribution in [1.29, 1.82) is 0 Å². The molecule has 0 atom stereocenters. The van der Waals surface area contributed by atoms with Gasteiger partial charge in [0.25, 0.3) is 0 Å². The Hall–Kier alpha value is -6.16. The molecule has 0 bridgehead atoms. The predicted molar refractivity (Wildman–Crippen MR) is 211 cm³/mol. The number of benzene rings is 8. The average molecular weight is 643 g/mol. The first-order valence-corrected chi connectivity index (χ1v) is 17.5. The molecule has 0 unspecified atom stereocenters. The first kappa shape index (κ1) is 27.9. The topological polar surface area (TPSA) is 8.17 Å². The van der Waals surface area contributed by atoms with Crippen LogP contribution in [-0.2, 0) is 0 Å². The predicted octanol–water partition coefficient (Wildman–Crippen LogP) is 13.4. The summed E-state index contributed by atoms with van der Waals surface area (Å²) in [5, 5.41) is 7.54. The number of para-hydroxylation sites is 1. The van der Waals surface area contributed by atoms with Gasteiger partial charge in [-0.2, -0.15) is 0 Å². The van der Waals surface area contributed by atoms with E-state index >= 15 is 0 Å². The van der Waals surface area contributed by atoms with Gasteiger partial charge in [0.15, 0.2) is 0 Å². The zero-order chi connectivity index (χ0) is 32.3. The molecule has 0 fully saturated rings. The SMILES string of the molecule is c1ccc(-c2ccc(N(c3ccc4sc5ccccc5c4c3)c3cccc4c3c3ccc5ccccc5c3n4-c3ccccc3)cc2)cc1. The zero-order valence-electron chi connectivity index (χ0n) is 26.6. The second-order valence-corrected chi connectivity index (χ2v) is 13.6. The number of anilines is 3. The number of rotatable bonds is 5. The monoisotopic (exact) mass is 642 g/mol. The largest absolute Gasteiger partial charge is 0.310 e. The highest BCUT2D eigenvalue weighted by Gasteiger charge is 2.23. The van der Waals surface area contributed by atoms with Gasteiger partial charge >= 0.3 is 0 Å². The minimum absolute atomic E-state index is 1.12. The third-order valence-electron chi connectivity index (χ3n) is 9.76. The summed E-state index contributed by atoms with van der Waals surface area (Å²) in [4.78, 5) is 2.45. The van der Waals surface area contributed by atoms with Crippen LogP contribution >= 0.6 is 11.3 Å². The Balaban J connectivity index is 1.29. The molecule has 0 spiro atoms. The van der Waals surface area contributed by atoms with Gasteiger partial charge in [-0.05, 0) is 77.2 Å². The number of fused-ring (bicyclic) bond motifs is 8. The highest BCUT2D eigenvalue weighted by atomic mass is 32.1. The van der Waals surface area contributed by atoms with E-state index in [9.17, 15) is 0 Å². The smallest absolute Gasteiger partial charge is 0.0620 e. The summed E-state index contributed by atoms with van der Waals surface area (Å²) in [5.74, 6) is 0. The normalized spacial score (nSPS) is 11.7. The molecule has 0 N–H and O–H groups in total. The number of aromatic nitrogens is 1. The standard InChI is InChI=1S/C46H30N2S/c1-3-12-31(13-4-1)32-22-25-35(26-23-32)47(36-27-29-44-40(30-36)38-18-9-10-21-43(38)49-44)41-19-11-20-42-45(41)39-28-24-33-14-7-8-17-37(33)46(39)48(42)34-15-5-2-6-16-34/h1-30H. The van der Waals surface area contributed by atoms with Crippen LogP contribution in [0.4, 0.5) is 17.1 Å². The molecule has 49 heavy (non-hydrogen) atoms. The van der Waals surface area contributed by atoms with Crippen LogP contribution in [0, 0.1) is 0 Å². The van der Waals surface area contributed by atoms with Gasteiger partial charge in [0.05, 0.1) is 16.7 Å². The zero-order valence-corrected chi connectivity index (χ0v) is 27.4. The molecule has 0 aliphatic heterocycles. The Kier molecular flexibility index (Phi) is 6.39. The minimum atomic E-state index is 1.12. The summed E-state index contributed by atoms with van der Waals surface area (Å²) >= 11 is 1.86. The van der Waals surface area contributed by atoms with Crippen LogP contribution in [-0.4, -0.2) is 4.57 Å². The minimum Gasteiger partial charge on any atom is -0.310 e. The lowest BCUT2D eigenvalue weighted by Crippen LogP contribution is -2.10. The molecule has 0 aliphatic carbocycles. The molecule has 230 valence electrons. The summed E-state index contributed by atoms with van der Waals surface area (Å²) < 4.78 is 5.06. The van der Waals surface area contributed by atoms with E-state index in [1.807, 2.05) is 11.3 Å². The first-order chi connectivity index (χ1) is 24.3. The van der Waals surface area contributed by atoms with Crippen molar-refractivity contribution in [2.24, 2.45) is 0 Å². The van der Waals surface area contributed by atoms with E-state index < -0.39 is 0 Å². The lowest BCUT2D eigenvalue weighted by Gasteiger charge is -2.27. The van der Waals surface area contributed by atoms with Gasteiger partial charge in [0.1, 0.15) is 0 Å². The second kappa shape index (κ2) is 11.2. The highest BCUT2D eigenvalue weighted by Crippen LogP contribution is 2.47. The lowest BCUT2D eigenvalue weighted by molar-refractivity contribution is 1.18. The number of hydrogen-bond acceptors (Lipinski definition) is 2. The third kappa shape index (κ3) is 4.47. The van der Waals surface area contributed by atoms with Crippen molar-refractivity contribution in [1.82, 2.24) is 4.57 Å². The molecule has 0 saturated heterocycles. The fourth-order valence-corrected chi connectivity index (χ4v) is 8.64. The molecule has 10 aromatic rings. The van der Waals surface area contributed by atoms with Gasteiger partial charge in [-0.1, -0.05) is 121 Å². The van der Waals surface area contributed by atoms with Gasteiger partial charge < -0.3 is 9.47 Å². The Morgan fingerprint density at radius 3 is 1.94 bits per heavy atom. The van der Waals surface area contributed by atoms with Crippen molar-refractivity contribution in [2.75, 3.05) is 4.90 Å². The molecule has 8 aromatic carbocycles. The average Bonchev–Trinajstić information content (AvgIpc) is 3.72. The molecule has 0 saturated carbocycles. The summed E-state index contributed by atoms with van der Waals surface area (Å²) in [7, 11) is 0. The molecule has 2 nitrogen and oxygen atoms in total. The third-order valence-corrected chi connectivity index (χ3v) is 10.9. The van der Waals surface area contributed by atoms with E-state index in [0.717, 1.165) is 22.7 Å². The van der Waals surface area contributed by atoms with Gasteiger partial charge in [-0.3, -0.25) is 0 Å². The Morgan fingerprint density at radius 1 is 0.429 bits per heavy atom. The first-order valence-electron chi connectivity index (χ1n) is 16.7. The second-order valence-electron chi connectivity index (χ2n) is 12.6. The summed E-state index contributed by atoms with van der Waals surface area (Å²) in [6.07, 6.45) is 0. The number of thiophene rings is 1. The Bertz CT molecular complexity index is 2810. The van der Waals surface area contributed by atoms with Crippen LogP contribution in [0.1, 0.15) is 0 Å². The molecule has 2 aromatic heterocycles. The van der Waals surface area contributed by atoms with Crippen molar-refractivity contribution in [3.8, 4) is 16.8 Å². The lowest BCUT2D eigenvalue weighted by atomic mass is 10.0. The fourth-order valence-electron chi connectivity index (χ4n) is 7.55. The molecule has 0 amide bonds. The molecule has 2 heterocycles. The van der Waals surface area contributed by atoms with Crippen molar-refractivity contribution >= 4 is 81.1 Å². The molecular weight excluding hydrogens is 613 g/mol.